The van der Waals surface area contributed by atoms with Crippen molar-refractivity contribution in [2.24, 2.45) is 20.9 Å². The largest absolute Gasteiger partial charge is 0.481 e. The minimum absolute atomic E-state index is 0.172. The molecule has 0 amide bonds. The molecule has 1 unspecified atom stereocenters. The van der Waals surface area contributed by atoms with Gasteiger partial charge in [-0.05, 0) is 75.3 Å². The van der Waals surface area contributed by atoms with Crippen LogP contribution in [0.5, 0.6) is 0 Å². The summed E-state index contributed by atoms with van der Waals surface area (Å²) in [6.45, 7) is 8.20. The van der Waals surface area contributed by atoms with Crippen LogP contribution in [0.25, 0.3) is 5.57 Å². The fraction of sp³-hybridized carbons (Fsp3) is 0.370. The number of nitrogens with zero attached hydrogens (tertiary/aromatic N) is 4. The predicted octanol–water partition coefficient (Wildman–Crippen LogP) is 4.93. The van der Waals surface area contributed by atoms with Gasteiger partial charge in [-0.3, -0.25) is 19.8 Å². The Bertz CT molecular complexity index is 1160. The van der Waals surface area contributed by atoms with Crippen molar-refractivity contribution in [1.82, 2.24) is 15.6 Å². The number of aromatic nitrogens is 1. The summed E-state index contributed by atoms with van der Waals surface area (Å²) < 4.78 is 39.0. The summed E-state index contributed by atoms with van der Waals surface area (Å²) in [6, 6.07) is 3.69. The molecule has 0 radical (unpaired) electrons. The monoisotopic (exact) mass is 530 g/mol. The topological polar surface area (TPSA) is 111 Å². The first-order chi connectivity index (χ1) is 18.0. The van der Waals surface area contributed by atoms with E-state index in [1.165, 1.54) is 12.4 Å². The Morgan fingerprint density at radius 2 is 2.11 bits per heavy atom. The van der Waals surface area contributed by atoms with E-state index in [-0.39, 0.29) is 25.3 Å². The van der Waals surface area contributed by atoms with Crippen LogP contribution in [-0.2, 0) is 4.79 Å². The zero-order valence-corrected chi connectivity index (χ0v) is 21.7. The maximum absolute atomic E-state index is 13.0. The molecule has 1 aliphatic carbocycles. The SMILES string of the molecule is C=NC=N/C=C(\C)c1ccc(C2=NCC3=CC(C(F)(F)F)=CCC=C3N2)cn1.CNCCC(C)CC(=O)O. The molecule has 38 heavy (non-hydrogen) atoms. The van der Waals surface area contributed by atoms with Crippen molar-refractivity contribution in [3.63, 3.8) is 0 Å². The van der Waals surface area contributed by atoms with Gasteiger partial charge in [0.2, 0.25) is 0 Å². The molecule has 0 spiro atoms. The highest BCUT2D eigenvalue weighted by Gasteiger charge is 2.33. The Hall–Kier alpha value is -3.86. The minimum Gasteiger partial charge on any atom is -0.481 e. The van der Waals surface area contributed by atoms with Crippen molar-refractivity contribution < 1.29 is 23.1 Å². The molecule has 8 nitrogen and oxygen atoms in total. The molecule has 3 N–H and O–H groups in total. The lowest BCUT2D eigenvalue weighted by Crippen LogP contribution is -2.30. The second-order valence-corrected chi connectivity index (χ2v) is 8.76. The Kier molecular flexibility index (Phi) is 11.8. The molecular formula is C27H33F3N6O2. The van der Waals surface area contributed by atoms with Gasteiger partial charge in [-0.15, -0.1) is 0 Å². The molecule has 0 saturated heterocycles. The smallest absolute Gasteiger partial charge is 0.416 e. The third kappa shape index (κ3) is 9.89. The number of hydrogen-bond acceptors (Lipinski definition) is 6. The molecule has 0 fully saturated rings. The number of rotatable bonds is 9. The summed E-state index contributed by atoms with van der Waals surface area (Å²) in [5.41, 5.74) is 2.87. The van der Waals surface area contributed by atoms with Crippen molar-refractivity contribution >= 4 is 30.4 Å². The van der Waals surface area contributed by atoms with Gasteiger partial charge in [0, 0.05) is 30.1 Å². The maximum Gasteiger partial charge on any atom is 0.416 e. The lowest BCUT2D eigenvalue weighted by atomic mass is 10.0. The summed E-state index contributed by atoms with van der Waals surface area (Å²) in [4.78, 5) is 26.4. The molecule has 2 aliphatic rings. The standard InChI is InChI=1S/C20H18F3N5.C7H15NO2/c1-13(9-25-12-24-2)17-7-6-14(10-26-17)19-27-11-15-8-16(20(21,22)23)4-3-5-18(15)28-19;1-6(3-4-8-2)5-7(9)10/h4-10,12H,2-3,11H2,1H3,(H,27,28);6,8H,3-5H2,1-2H3,(H,9,10)/b13-9+,25-12?;. The average Bonchev–Trinajstić information content (AvgIpc) is 3.10. The normalized spacial score (nSPS) is 16.4. The van der Waals surface area contributed by atoms with Gasteiger partial charge in [0.05, 0.1) is 17.8 Å². The third-order valence-electron chi connectivity index (χ3n) is 5.59. The van der Waals surface area contributed by atoms with Gasteiger partial charge in [0.15, 0.2) is 0 Å². The van der Waals surface area contributed by atoms with Gasteiger partial charge < -0.3 is 15.7 Å². The number of halogens is 3. The number of pyridine rings is 1. The summed E-state index contributed by atoms with van der Waals surface area (Å²) in [5, 5.41) is 14.5. The lowest BCUT2D eigenvalue weighted by Gasteiger charge is -2.21. The highest BCUT2D eigenvalue weighted by atomic mass is 19.4. The van der Waals surface area contributed by atoms with Crippen LogP contribution >= 0.6 is 0 Å². The Labute approximate surface area is 220 Å². The number of aliphatic imine (C=N–C) groups is 3. The number of allylic oxidation sites excluding steroid dienone is 5. The fourth-order valence-corrected chi connectivity index (χ4v) is 3.53. The number of carboxylic acids is 1. The first-order valence-electron chi connectivity index (χ1n) is 12.0. The van der Waals surface area contributed by atoms with Crippen LogP contribution in [0.2, 0.25) is 0 Å². The highest BCUT2D eigenvalue weighted by molar-refractivity contribution is 6.01. The number of amidine groups is 1. The molecule has 11 heteroatoms. The van der Waals surface area contributed by atoms with Crippen LogP contribution in [0.3, 0.4) is 0 Å². The minimum atomic E-state index is -4.36. The van der Waals surface area contributed by atoms with E-state index in [2.05, 4.69) is 37.3 Å². The number of fused-ring (bicyclic) bond motifs is 1. The number of nitrogens with one attached hydrogen (secondary N) is 2. The number of carbonyl (C=O) groups is 1. The van der Waals surface area contributed by atoms with E-state index in [1.54, 1.807) is 18.5 Å². The van der Waals surface area contributed by atoms with Crippen LogP contribution in [0, 0.1) is 5.92 Å². The molecule has 1 atom stereocenters. The molecule has 3 rings (SSSR count). The van der Waals surface area contributed by atoms with Crippen molar-refractivity contribution in [2.45, 2.75) is 39.3 Å². The van der Waals surface area contributed by atoms with E-state index in [0.29, 0.717) is 17.1 Å². The number of carboxylic acid groups (broad SMARTS) is 1. The maximum atomic E-state index is 13.0. The van der Waals surface area contributed by atoms with Crippen molar-refractivity contribution in [1.29, 1.82) is 0 Å². The van der Waals surface area contributed by atoms with Crippen LogP contribution in [0.1, 0.15) is 44.4 Å². The van der Waals surface area contributed by atoms with E-state index in [1.807, 2.05) is 33.0 Å². The Balaban J connectivity index is 0.000000432. The van der Waals surface area contributed by atoms with E-state index in [4.69, 9.17) is 5.11 Å². The number of hydrogen-bond donors (Lipinski definition) is 3. The quantitative estimate of drug-likeness (QED) is 0.310. The first kappa shape index (κ1) is 30.4. The second-order valence-electron chi connectivity index (χ2n) is 8.76. The molecule has 0 aromatic carbocycles. The molecule has 204 valence electrons. The van der Waals surface area contributed by atoms with E-state index < -0.39 is 17.7 Å². The highest BCUT2D eigenvalue weighted by Crippen LogP contribution is 2.31. The zero-order chi connectivity index (χ0) is 28.1. The van der Waals surface area contributed by atoms with Crippen LogP contribution in [-0.4, -0.2) is 61.3 Å². The summed E-state index contributed by atoms with van der Waals surface area (Å²) in [7, 11) is 1.87. The molecule has 0 saturated carbocycles. The number of aliphatic carboxylic acids is 1. The van der Waals surface area contributed by atoms with Crippen LogP contribution in [0.4, 0.5) is 13.2 Å². The van der Waals surface area contributed by atoms with Gasteiger partial charge in [-0.1, -0.05) is 19.1 Å². The zero-order valence-electron chi connectivity index (χ0n) is 21.7. The average molecular weight is 531 g/mol. The summed E-state index contributed by atoms with van der Waals surface area (Å²) in [6.07, 6.45) is 5.75. The molecule has 1 aliphatic heterocycles. The van der Waals surface area contributed by atoms with E-state index >= 15 is 0 Å². The Morgan fingerprint density at radius 3 is 2.71 bits per heavy atom. The van der Waals surface area contributed by atoms with E-state index in [9.17, 15) is 18.0 Å². The van der Waals surface area contributed by atoms with Gasteiger partial charge in [0.25, 0.3) is 0 Å². The van der Waals surface area contributed by atoms with E-state index in [0.717, 1.165) is 35.9 Å². The van der Waals surface area contributed by atoms with Crippen LogP contribution < -0.4 is 10.6 Å². The van der Waals surface area contributed by atoms with Gasteiger partial charge in [0.1, 0.15) is 12.2 Å². The molecule has 1 aromatic rings. The van der Waals surface area contributed by atoms with Crippen LogP contribution in [0.15, 0.2) is 74.6 Å². The van der Waals surface area contributed by atoms with Gasteiger partial charge in [-0.25, -0.2) is 4.99 Å². The molecule has 1 aromatic heterocycles. The molecule has 0 bridgehead atoms. The van der Waals surface area contributed by atoms with Crippen molar-refractivity contribution in [3.8, 4) is 0 Å². The molecule has 2 heterocycles. The lowest BCUT2D eigenvalue weighted by molar-refractivity contribution is -0.138. The first-order valence-corrected chi connectivity index (χ1v) is 12.0. The fourth-order valence-electron chi connectivity index (χ4n) is 3.53. The van der Waals surface area contributed by atoms with Gasteiger partial charge in [-0.2, -0.15) is 13.2 Å². The summed E-state index contributed by atoms with van der Waals surface area (Å²) >= 11 is 0. The molecular weight excluding hydrogens is 497 g/mol. The third-order valence-corrected chi connectivity index (χ3v) is 5.59. The Morgan fingerprint density at radius 1 is 1.34 bits per heavy atom. The number of alkyl halides is 3. The predicted molar refractivity (Wildman–Crippen MR) is 145 cm³/mol. The van der Waals surface area contributed by atoms with Crippen molar-refractivity contribution in [3.05, 3.63) is 70.9 Å². The van der Waals surface area contributed by atoms with Crippen molar-refractivity contribution in [2.75, 3.05) is 20.1 Å². The van der Waals surface area contributed by atoms with Gasteiger partial charge >= 0.3 is 12.1 Å². The summed E-state index contributed by atoms with van der Waals surface area (Å²) in [5.74, 6) is 0.155. The second kappa shape index (κ2) is 14.8.